The molecule has 0 saturated heterocycles. The number of benzene rings is 1. The molecule has 0 amide bonds. The average molecular weight is 293 g/mol. The van der Waals surface area contributed by atoms with E-state index in [1.165, 1.54) is 12.1 Å². The van der Waals surface area contributed by atoms with E-state index < -0.39 is 11.6 Å². The monoisotopic (exact) mass is 293 g/mol. The topological polar surface area (TPSA) is 29.9 Å². The molecule has 1 unspecified atom stereocenters. The Morgan fingerprint density at radius 2 is 2.05 bits per heavy atom. The van der Waals surface area contributed by atoms with Gasteiger partial charge in [-0.25, -0.2) is 8.78 Å². The second kappa shape index (κ2) is 6.80. The van der Waals surface area contributed by atoms with Crippen molar-refractivity contribution in [2.45, 2.75) is 32.7 Å². The lowest BCUT2D eigenvalue weighted by molar-refractivity contribution is 0.518. The lowest BCUT2D eigenvalue weighted by Crippen LogP contribution is -2.24. The van der Waals surface area contributed by atoms with Crippen LogP contribution >= 0.6 is 0 Å². The molecule has 0 bridgehead atoms. The normalized spacial score (nSPS) is 12.6. The van der Waals surface area contributed by atoms with E-state index in [2.05, 4.69) is 10.4 Å². The van der Waals surface area contributed by atoms with Crippen molar-refractivity contribution in [2.24, 2.45) is 7.05 Å². The van der Waals surface area contributed by atoms with Gasteiger partial charge in [-0.3, -0.25) is 4.68 Å². The van der Waals surface area contributed by atoms with Gasteiger partial charge in [0.05, 0.1) is 5.69 Å². The Morgan fingerprint density at radius 3 is 2.67 bits per heavy atom. The highest BCUT2D eigenvalue weighted by molar-refractivity contribution is 5.26. The van der Waals surface area contributed by atoms with Gasteiger partial charge in [0.25, 0.3) is 0 Å². The first-order valence-electron chi connectivity index (χ1n) is 7.24. The van der Waals surface area contributed by atoms with Crippen molar-refractivity contribution in [3.63, 3.8) is 0 Å². The van der Waals surface area contributed by atoms with Crippen LogP contribution in [0.2, 0.25) is 0 Å². The molecule has 5 heteroatoms. The highest BCUT2D eigenvalue weighted by Crippen LogP contribution is 2.23. The van der Waals surface area contributed by atoms with Crippen LogP contribution in [-0.2, 0) is 19.9 Å². The Balaban J connectivity index is 2.30. The summed E-state index contributed by atoms with van der Waals surface area (Å²) in [6, 6.07) is 3.71. The number of aromatic nitrogens is 2. The quantitative estimate of drug-likeness (QED) is 0.886. The summed E-state index contributed by atoms with van der Waals surface area (Å²) < 4.78 is 28.7. The summed E-state index contributed by atoms with van der Waals surface area (Å²) in [5, 5.41) is 7.80. The Bertz CT molecular complexity index is 608. The van der Waals surface area contributed by atoms with E-state index in [-0.39, 0.29) is 6.04 Å². The molecule has 2 aromatic rings. The second-order valence-corrected chi connectivity index (χ2v) is 5.11. The highest BCUT2D eigenvalue weighted by atomic mass is 19.1. The first kappa shape index (κ1) is 15.6. The van der Waals surface area contributed by atoms with Crippen LogP contribution in [0.25, 0.3) is 0 Å². The van der Waals surface area contributed by atoms with Gasteiger partial charge >= 0.3 is 0 Å². The molecule has 0 saturated carbocycles. The van der Waals surface area contributed by atoms with Gasteiger partial charge in [-0.1, -0.05) is 19.9 Å². The van der Waals surface area contributed by atoms with Crippen LogP contribution in [0.15, 0.2) is 24.4 Å². The second-order valence-electron chi connectivity index (χ2n) is 5.11. The van der Waals surface area contributed by atoms with Crippen LogP contribution in [0.4, 0.5) is 8.78 Å². The summed E-state index contributed by atoms with van der Waals surface area (Å²) in [6.07, 6.45) is 3.26. The number of rotatable bonds is 6. The molecule has 0 aliphatic rings. The molecule has 3 nitrogen and oxygen atoms in total. The number of nitrogens with zero attached hydrogens (tertiary/aromatic N) is 2. The molecule has 2 rings (SSSR count). The minimum Gasteiger partial charge on any atom is -0.310 e. The molecule has 0 fully saturated rings. The maximum atomic E-state index is 13.9. The predicted octanol–water partition coefficient (Wildman–Crippen LogP) is 3.15. The lowest BCUT2D eigenvalue weighted by atomic mass is 9.98. The number of aryl methyl sites for hydroxylation is 2. The zero-order valence-corrected chi connectivity index (χ0v) is 12.7. The zero-order chi connectivity index (χ0) is 15.4. The number of likely N-dealkylation sites (N-methyl/N-ethyl adjacent to an activating group) is 1. The minimum atomic E-state index is -0.549. The Morgan fingerprint density at radius 1 is 1.29 bits per heavy atom. The third-order valence-corrected chi connectivity index (χ3v) is 3.54. The molecule has 0 aliphatic heterocycles. The van der Waals surface area contributed by atoms with Gasteiger partial charge in [0.15, 0.2) is 0 Å². The SMILES string of the molecule is CCNC(Cc1ccc(F)cc1F)c1cn(C)nc1CC. The van der Waals surface area contributed by atoms with Crippen molar-refractivity contribution in [3.8, 4) is 0 Å². The average Bonchev–Trinajstić information content (AvgIpc) is 2.82. The molecule has 0 aliphatic carbocycles. The standard InChI is InChI=1S/C16H21F2N3/c1-4-15-13(10-21(3)20-15)16(19-5-2)8-11-6-7-12(17)9-14(11)18/h6-7,9-10,16,19H,4-5,8H2,1-3H3. The van der Waals surface area contributed by atoms with Gasteiger partial charge in [0.1, 0.15) is 11.6 Å². The third-order valence-electron chi connectivity index (χ3n) is 3.54. The summed E-state index contributed by atoms with van der Waals surface area (Å²) in [4.78, 5) is 0. The van der Waals surface area contributed by atoms with E-state index in [1.807, 2.05) is 27.1 Å². The van der Waals surface area contributed by atoms with Gasteiger partial charge in [0.2, 0.25) is 0 Å². The van der Waals surface area contributed by atoms with E-state index in [0.29, 0.717) is 12.0 Å². The molecule has 1 heterocycles. The van der Waals surface area contributed by atoms with Gasteiger partial charge < -0.3 is 5.32 Å². The molecule has 0 radical (unpaired) electrons. The Labute approximate surface area is 124 Å². The van der Waals surface area contributed by atoms with Crippen LogP contribution in [0, 0.1) is 11.6 Å². The van der Waals surface area contributed by atoms with Crippen molar-refractivity contribution in [1.29, 1.82) is 0 Å². The summed E-state index contributed by atoms with van der Waals surface area (Å²) in [5.74, 6) is -1.05. The third kappa shape index (κ3) is 3.67. The highest BCUT2D eigenvalue weighted by Gasteiger charge is 2.19. The number of hydrogen-bond donors (Lipinski definition) is 1. The number of hydrogen-bond acceptors (Lipinski definition) is 2. The van der Waals surface area contributed by atoms with E-state index >= 15 is 0 Å². The largest absolute Gasteiger partial charge is 0.310 e. The molecule has 21 heavy (non-hydrogen) atoms. The molecular weight excluding hydrogens is 272 g/mol. The number of nitrogens with one attached hydrogen (secondary N) is 1. The predicted molar refractivity (Wildman–Crippen MR) is 79.1 cm³/mol. The molecule has 1 aromatic heterocycles. The van der Waals surface area contributed by atoms with Gasteiger partial charge in [-0.05, 0) is 31.0 Å². The minimum absolute atomic E-state index is 0.0291. The number of halogens is 2. The lowest BCUT2D eigenvalue weighted by Gasteiger charge is -2.18. The fourth-order valence-corrected chi connectivity index (χ4v) is 2.56. The van der Waals surface area contributed by atoms with E-state index in [4.69, 9.17) is 0 Å². The van der Waals surface area contributed by atoms with E-state index in [9.17, 15) is 8.78 Å². The van der Waals surface area contributed by atoms with Crippen molar-refractivity contribution >= 4 is 0 Å². The maximum Gasteiger partial charge on any atom is 0.129 e. The van der Waals surface area contributed by atoms with Crippen molar-refractivity contribution in [2.75, 3.05) is 6.54 Å². The van der Waals surface area contributed by atoms with Crippen molar-refractivity contribution < 1.29 is 8.78 Å². The van der Waals surface area contributed by atoms with Crippen LogP contribution in [0.1, 0.15) is 36.7 Å². The molecule has 1 atom stereocenters. The van der Waals surface area contributed by atoms with Gasteiger partial charge in [0, 0.05) is 30.9 Å². The van der Waals surface area contributed by atoms with Crippen LogP contribution in [-0.4, -0.2) is 16.3 Å². The van der Waals surface area contributed by atoms with Gasteiger partial charge in [-0.2, -0.15) is 5.10 Å². The Hall–Kier alpha value is -1.75. The zero-order valence-electron chi connectivity index (χ0n) is 12.7. The molecule has 1 N–H and O–H groups in total. The fraction of sp³-hybridized carbons (Fsp3) is 0.438. The summed E-state index contributed by atoms with van der Waals surface area (Å²) in [5.41, 5.74) is 2.59. The molecule has 114 valence electrons. The van der Waals surface area contributed by atoms with Crippen molar-refractivity contribution in [1.82, 2.24) is 15.1 Å². The van der Waals surface area contributed by atoms with Crippen LogP contribution in [0.5, 0.6) is 0 Å². The molecule has 0 spiro atoms. The van der Waals surface area contributed by atoms with E-state index in [0.717, 1.165) is 30.3 Å². The maximum absolute atomic E-state index is 13.9. The first-order valence-corrected chi connectivity index (χ1v) is 7.24. The van der Waals surface area contributed by atoms with Crippen LogP contribution < -0.4 is 5.32 Å². The summed E-state index contributed by atoms with van der Waals surface area (Å²) >= 11 is 0. The summed E-state index contributed by atoms with van der Waals surface area (Å²) in [7, 11) is 1.88. The van der Waals surface area contributed by atoms with Gasteiger partial charge in [-0.15, -0.1) is 0 Å². The smallest absolute Gasteiger partial charge is 0.129 e. The van der Waals surface area contributed by atoms with Crippen molar-refractivity contribution in [3.05, 3.63) is 52.9 Å². The summed E-state index contributed by atoms with van der Waals surface area (Å²) in [6.45, 7) is 4.83. The molecular formula is C16H21F2N3. The first-order chi connectivity index (χ1) is 10.0. The Kier molecular flexibility index (Phi) is 5.07. The van der Waals surface area contributed by atoms with E-state index in [1.54, 1.807) is 4.68 Å². The fourth-order valence-electron chi connectivity index (χ4n) is 2.56. The van der Waals surface area contributed by atoms with Crippen LogP contribution in [0.3, 0.4) is 0 Å². The molecule has 1 aromatic carbocycles.